The number of hydrogen-bond donors (Lipinski definition) is 2. The number of nitriles is 1. The van der Waals surface area contributed by atoms with Crippen LogP contribution in [0.4, 0.5) is 5.69 Å². The smallest absolute Gasteiger partial charge is 0.255 e. The molecule has 2 aromatic rings. The number of rotatable bonds is 3. The molecule has 2 rings (SSSR count). The van der Waals surface area contributed by atoms with Gasteiger partial charge in [-0.15, -0.1) is 0 Å². The summed E-state index contributed by atoms with van der Waals surface area (Å²) in [7, 11) is 0. The van der Waals surface area contributed by atoms with Gasteiger partial charge in [-0.3, -0.25) is 4.79 Å². The summed E-state index contributed by atoms with van der Waals surface area (Å²) < 4.78 is 0. The van der Waals surface area contributed by atoms with Gasteiger partial charge in [-0.1, -0.05) is 29.8 Å². The molecule has 0 radical (unpaired) electrons. The maximum atomic E-state index is 12.1. The number of hydrogen-bond acceptors (Lipinski definition) is 3. The molecule has 0 spiro atoms. The number of carbonyl (C=O) groups excluding carboxylic acids is 1. The SMILES string of the molecule is N#Cc1ccc(CNC(=O)c2c(N)cccc2Cl)cc1. The van der Waals surface area contributed by atoms with Crippen LogP contribution in [0.2, 0.25) is 5.02 Å². The first kappa shape index (κ1) is 13.9. The van der Waals surface area contributed by atoms with Crippen molar-refractivity contribution in [1.29, 1.82) is 5.26 Å². The summed E-state index contributed by atoms with van der Waals surface area (Å²) in [6.45, 7) is 0.342. The van der Waals surface area contributed by atoms with E-state index >= 15 is 0 Å². The Kier molecular flexibility index (Phi) is 4.24. The van der Waals surface area contributed by atoms with Gasteiger partial charge in [-0.25, -0.2) is 0 Å². The third kappa shape index (κ3) is 3.08. The van der Waals surface area contributed by atoms with Gasteiger partial charge in [0, 0.05) is 12.2 Å². The van der Waals surface area contributed by atoms with Crippen LogP contribution in [-0.4, -0.2) is 5.91 Å². The average Bonchev–Trinajstić information content (AvgIpc) is 2.45. The molecule has 5 heteroatoms. The molecule has 20 heavy (non-hydrogen) atoms. The first-order valence-corrected chi connectivity index (χ1v) is 6.31. The van der Waals surface area contributed by atoms with E-state index in [0.29, 0.717) is 22.8 Å². The van der Waals surface area contributed by atoms with E-state index in [1.54, 1.807) is 42.5 Å². The van der Waals surface area contributed by atoms with Crippen LogP contribution in [0.15, 0.2) is 42.5 Å². The fraction of sp³-hybridized carbons (Fsp3) is 0.0667. The maximum Gasteiger partial charge on any atom is 0.255 e. The largest absolute Gasteiger partial charge is 0.398 e. The molecule has 1 amide bonds. The fourth-order valence-electron chi connectivity index (χ4n) is 1.75. The number of halogens is 1. The van der Waals surface area contributed by atoms with Crippen LogP contribution < -0.4 is 11.1 Å². The van der Waals surface area contributed by atoms with Crippen molar-refractivity contribution in [2.24, 2.45) is 0 Å². The monoisotopic (exact) mass is 285 g/mol. The Morgan fingerprint density at radius 3 is 2.55 bits per heavy atom. The van der Waals surface area contributed by atoms with Crippen molar-refractivity contribution >= 4 is 23.2 Å². The molecule has 0 aliphatic carbocycles. The minimum absolute atomic E-state index is 0.280. The molecule has 2 aromatic carbocycles. The number of amides is 1. The van der Waals surface area contributed by atoms with Crippen LogP contribution in [0, 0.1) is 11.3 Å². The second-order valence-electron chi connectivity index (χ2n) is 4.20. The van der Waals surface area contributed by atoms with Crippen molar-refractivity contribution in [2.75, 3.05) is 5.73 Å². The Balaban J connectivity index is 2.07. The lowest BCUT2D eigenvalue weighted by atomic mass is 10.1. The lowest BCUT2D eigenvalue weighted by Crippen LogP contribution is -2.24. The number of nitrogens with zero attached hydrogens (tertiary/aromatic N) is 1. The highest BCUT2D eigenvalue weighted by atomic mass is 35.5. The zero-order valence-corrected chi connectivity index (χ0v) is 11.3. The fourth-order valence-corrected chi connectivity index (χ4v) is 2.02. The number of nitrogens with two attached hydrogens (primary N) is 1. The van der Waals surface area contributed by atoms with Crippen LogP contribution >= 0.6 is 11.6 Å². The number of benzene rings is 2. The van der Waals surface area contributed by atoms with Crippen molar-refractivity contribution in [3.63, 3.8) is 0 Å². The molecule has 0 bridgehead atoms. The van der Waals surface area contributed by atoms with Gasteiger partial charge in [0.1, 0.15) is 0 Å². The lowest BCUT2D eigenvalue weighted by molar-refractivity contribution is 0.0952. The topological polar surface area (TPSA) is 78.9 Å². The summed E-state index contributed by atoms with van der Waals surface area (Å²) in [6.07, 6.45) is 0. The molecular weight excluding hydrogens is 274 g/mol. The Labute approximate surface area is 121 Å². The zero-order chi connectivity index (χ0) is 14.5. The van der Waals surface area contributed by atoms with Gasteiger partial charge >= 0.3 is 0 Å². The van der Waals surface area contributed by atoms with Crippen LogP contribution in [0.3, 0.4) is 0 Å². The molecular formula is C15H12ClN3O. The normalized spacial score (nSPS) is 9.80. The molecule has 4 nitrogen and oxygen atoms in total. The van der Waals surface area contributed by atoms with Crippen LogP contribution in [-0.2, 0) is 6.54 Å². The number of nitrogen functional groups attached to an aromatic ring is 1. The molecule has 100 valence electrons. The van der Waals surface area contributed by atoms with E-state index < -0.39 is 0 Å². The summed E-state index contributed by atoms with van der Waals surface area (Å²) in [6, 6.07) is 13.9. The molecule has 0 aliphatic heterocycles. The molecule has 3 N–H and O–H groups in total. The maximum absolute atomic E-state index is 12.1. The molecule has 0 atom stereocenters. The molecule has 0 aromatic heterocycles. The van der Waals surface area contributed by atoms with Gasteiger partial charge in [0.25, 0.3) is 5.91 Å². The van der Waals surface area contributed by atoms with Gasteiger partial charge < -0.3 is 11.1 Å². The molecule has 0 saturated heterocycles. The van der Waals surface area contributed by atoms with E-state index in [2.05, 4.69) is 5.32 Å². The van der Waals surface area contributed by atoms with Gasteiger partial charge in [0.2, 0.25) is 0 Å². The van der Waals surface area contributed by atoms with Gasteiger partial charge in [0.15, 0.2) is 0 Å². The summed E-state index contributed by atoms with van der Waals surface area (Å²) in [5, 5.41) is 11.8. The highest BCUT2D eigenvalue weighted by molar-refractivity contribution is 6.34. The summed E-state index contributed by atoms with van der Waals surface area (Å²) in [5.74, 6) is -0.322. The minimum atomic E-state index is -0.322. The van der Waals surface area contributed by atoms with E-state index in [-0.39, 0.29) is 11.5 Å². The Morgan fingerprint density at radius 1 is 1.25 bits per heavy atom. The molecule has 0 heterocycles. The van der Waals surface area contributed by atoms with Crippen LogP contribution in [0.5, 0.6) is 0 Å². The second kappa shape index (κ2) is 6.09. The zero-order valence-electron chi connectivity index (χ0n) is 10.6. The Hall–Kier alpha value is -2.51. The first-order chi connectivity index (χ1) is 9.61. The predicted octanol–water partition coefficient (Wildman–Crippen LogP) is 2.72. The Morgan fingerprint density at radius 2 is 1.95 bits per heavy atom. The van der Waals surface area contributed by atoms with E-state index in [1.807, 2.05) is 6.07 Å². The number of anilines is 1. The number of nitrogens with one attached hydrogen (secondary N) is 1. The first-order valence-electron chi connectivity index (χ1n) is 5.93. The van der Waals surface area contributed by atoms with E-state index in [4.69, 9.17) is 22.6 Å². The van der Waals surface area contributed by atoms with Crippen molar-refractivity contribution in [2.45, 2.75) is 6.54 Å². The lowest BCUT2D eigenvalue weighted by Gasteiger charge is -2.09. The van der Waals surface area contributed by atoms with Crippen molar-refractivity contribution in [3.05, 3.63) is 64.2 Å². The van der Waals surface area contributed by atoms with Crippen molar-refractivity contribution in [3.8, 4) is 6.07 Å². The van der Waals surface area contributed by atoms with E-state index in [0.717, 1.165) is 5.56 Å². The molecule has 0 unspecified atom stereocenters. The minimum Gasteiger partial charge on any atom is -0.398 e. The second-order valence-corrected chi connectivity index (χ2v) is 4.60. The highest BCUT2D eigenvalue weighted by Gasteiger charge is 2.13. The predicted molar refractivity (Wildman–Crippen MR) is 78.2 cm³/mol. The number of carbonyl (C=O) groups is 1. The van der Waals surface area contributed by atoms with Crippen molar-refractivity contribution in [1.82, 2.24) is 5.32 Å². The molecule has 0 fully saturated rings. The third-order valence-corrected chi connectivity index (χ3v) is 3.12. The van der Waals surface area contributed by atoms with Crippen LogP contribution in [0.25, 0.3) is 0 Å². The van der Waals surface area contributed by atoms with Gasteiger partial charge in [-0.2, -0.15) is 5.26 Å². The third-order valence-electron chi connectivity index (χ3n) is 2.81. The average molecular weight is 286 g/mol. The summed E-state index contributed by atoms with van der Waals surface area (Å²) >= 11 is 5.97. The van der Waals surface area contributed by atoms with Gasteiger partial charge in [0.05, 0.1) is 22.2 Å². The van der Waals surface area contributed by atoms with Crippen LogP contribution in [0.1, 0.15) is 21.5 Å². The summed E-state index contributed by atoms with van der Waals surface area (Å²) in [5.41, 5.74) is 7.84. The van der Waals surface area contributed by atoms with Crippen molar-refractivity contribution < 1.29 is 4.79 Å². The van der Waals surface area contributed by atoms with Gasteiger partial charge in [-0.05, 0) is 29.8 Å². The van der Waals surface area contributed by atoms with E-state index in [9.17, 15) is 4.79 Å². The van der Waals surface area contributed by atoms with E-state index in [1.165, 1.54) is 0 Å². The standard InChI is InChI=1S/C15H12ClN3O/c16-12-2-1-3-13(18)14(12)15(20)19-9-11-6-4-10(8-17)5-7-11/h1-7H,9,18H2,(H,19,20). The molecule has 0 saturated carbocycles. The quantitative estimate of drug-likeness (QED) is 0.851. The summed E-state index contributed by atoms with van der Waals surface area (Å²) in [4.78, 5) is 12.1. The molecule has 0 aliphatic rings. The highest BCUT2D eigenvalue weighted by Crippen LogP contribution is 2.21. The Bertz CT molecular complexity index is 654.